The molecule has 0 aromatic rings. The number of rotatable bonds is 1. The van der Waals surface area contributed by atoms with Crippen LogP contribution in [0.25, 0.3) is 0 Å². The molecule has 0 unspecified atom stereocenters. The highest BCUT2D eigenvalue weighted by molar-refractivity contribution is 6.07. The highest BCUT2D eigenvalue weighted by Crippen LogP contribution is 2.36. The second kappa shape index (κ2) is 2.70. The molecule has 1 saturated carbocycles. The molecule has 2 aliphatic rings. The smallest absolute Gasteiger partial charge is 0.322 e. The van der Waals surface area contributed by atoms with Crippen LogP contribution in [-0.4, -0.2) is 23.4 Å². The van der Waals surface area contributed by atoms with Gasteiger partial charge in [-0.25, -0.2) is 4.79 Å². The Hall–Kier alpha value is -1.59. The average Bonchev–Trinajstić information content (AvgIpc) is 2.59. The molecule has 1 spiro atoms. The third-order valence-electron chi connectivity index (χ3n) is 2.86. The van der Waals surface area contributed by atoms with Crippen molar-refractivity contribution < 1.29 is 19.5 Å². The van der Waals surface area contributed by atoms with Crippen molar-refractivity contribution >= 4 is 17.9 Å². The van der Waals surface area contributed by atoms with Crippen LogP contribution in [0.15, 0.2) is 0 Å². The van der Waals surface area contributed by atoms with E-state index in [9.17, 15) is 19.5 Å². The lowest BCUT2D eigenvalue weighted by Crippen LogP contribution is -2.45. The van der Waals surface area contributed by atoms with Crippen molar-refractivity contribution in [3.63, 3.8) is 0 Å². The van der Waals surface area contributed by atoms with E-state index in [2.05, 4.69) is 10.6 Å². The molecule has 2 fully saturated rings. The molecule has 1 saturated heterocycles. The Morgan fingerprint density at radius 3 is 2.64 bits per heavy atom. The number of aliphatic carboxylic acids is 1. The molecule has 2 atom stereocenters. The summed E-state index contributed by atoms with van der Waals surface area (Å²) in [6.07, 6.45) is 0.867. The molecule has 6 nitrogen and oxygen atoms in total. The standard InChI is InChI=1S/C8H10N2O4/c11-5(12)4-1-2-8(3-4)6(13)9-7(14)10-8/h4H,1-3H2,(H,11,12)(H2,9,10,13,14)/p-1/t4-,8+/m0/s1. The van der Waals surface area contributed by atoms with Crippen LogP contribution in [0.3, 0.4) is 0 Å². The maximum absolute atomic E-state index is 11.4. The topological polar surface area (TPSA) is 98.3 Å². The number of amides is 3. The summed E-state index contributed by atoms with van der Waals surface area (Å²) in [5.41, 5.74) is -0.998. The van der Waals surface area contributed by atoms with Gasteiger partial charge in [-0.3, -0.25) is 10.1 Å². The van der Waals surface area contributed by atoms with E-state index in [1.807, 2.05) is 0 Å². The van der Waals surface area contributed by atoms with E-state index in [1.165, 1.54) is 0 Å². The van der Waals surface area contributed by atoms with Gasteiger partial charge in [0.2, 0.25) is 0 Å². The number of hydrogen-bond acceptors (Lipinski definition) is 4. The van der Waals surface area contributed by atoms with Gasteiger partial charge in [0.25, 0.3) is 5.91 Å². The highest BCUT2D eigenvalue weighted by Gasteiger charge is 2.51. The van der Waals surface area contributed by atoms with Crippen molar-refractivity contribution in [3.05, 3.63) is 0 Å². The normalized spacial score (nSPS) is 35.9. The molecule has 2 N–H and O–H groups in total. The van der Waals surface area contributed by atoms with Crippen LogP contribution in [0.4, 0.5) is 4.79 Å². The molecule has 6 heteroatoms. The van der Waals surface area contributed by atoms with Crippen molar-refractivity contribution in [2.45, 2.75) is 24.8 Å². The number of carboxylic acid groups (broad SMARTS) is 1. The van der Waals surface area contributed by atoms with E-state index in [-0.39, 0.29) is 6.42 Å². The minimum Gasteiger partial charge on any atom is -0.550 e. The quantitative estimate of drug-likeness (QED) is 0.480. The summed E-state index contributed by atoms with van der Waals surface area (Å²) in [5.74, 6) is -2.22. The third kappa shape index (κ3) is 1.14. The van der Waals surface area contributed by atoms with Crippen LogP contribution >= 0.6 is 0 Å². The first kappa shape index (κ1) is 8.98. The lowest BCUT2D eigenvalue weighted by atomic mass is 9.96. The first-order valence-corrected chi connectivity index (χ1v) is 4.38. The van der Waals surface area contributed by atoms with Crippen molar-refractivity contribution in [1.29, 1.82) is 0 Å². The summed E-state index contributed by atoms with van der Waals surface area (Å²) < 4.78 is 0. The second-order valence-corrected chi connectivity index (χ2v) is 3.75. The Labute approximate surface area is 79.7 Å². The molecule has 0 radical (unpaired) electrons. The average molecular weight is 197 g/mol. The minimum atomic E-state index is -1.16. The SMILES string of the molecule is O=C1NC(=O)[C@]2(CC[C@H](C(=O)[O-])C2)N1. The molecule has 2 rings (SSSR count). The minimum absolute atomic E-state index is 0.132. The van der Waals surface area contributed by atoms with Gasteiger partial charge in [-0.1, -0.05) is 0 Å². The number of carboxylic acids is 1. The van der Waals surface area contributed by atoms with Crippen LogP contribution in [0.5, 0.6) is 0 Å². The van der Waals surface area contributed by atoms with Crippen LogP contribution in [0, 0.1) is 5.92 Å². The second-order valence-electron chi connectivity index (χ2n) is 3.75. The zero-order chi connectivity index (χ0) is 10.3. The fraction of sp³-hybridized carbons (Fsp3) is 0.625. The molecule has 3 amide bonds. The van der Waals surface area contributed by atoms with Gasteiger partial charge in [-0.05, 0) is 19.3 Å². The van der Waals surface area contributed by atoms with Gasteiger partial charge < -0.3 is 15.2 Å². The molecule has 1 heterocycles. The maximum atomic E-state index is 11.4. The third-order valence-corrected chi connectivity index (χ3v) is 2.86. The van der Waals surface area contributed by atoms with Crippen LogP contribution in [-0.2, 0) is 9.59 Å². The summed E-state index contributed by atoms with van der Waals surface area (Å²) in [4.78, 5) is 32.8. The van der Waals surface area contributed by atoms with E-state index in [0.29, 0.717) is 12.8 Å². The number of nitrogens with one attached hydrogen (secondary N) is 2. The van der Waals surface area contributed by atoms with Gasteiger partial charge in [-0.15, -0.1) is 0 Å². The molecule has 0 aromatic carbocycles. The zero-order valence-corrected chi connectivity index (χ0v) is 7.33. The largest absolute Gasteiger partial charge is 0.550 e. The van der Waals surface area contributed by atoms with Crippen LogP contribution in [0.1, 0.15) is 19.3 Å². The molecule has 1 aliphatic carbocycles. The van der Waals surface area contributed by atoms with Gasteiger partial charge in [0, 0.05) is 11.9 Å². The molecule has 1 aliphatic heterocycles. The maximum Gasteiger partial charge on any atom is 0.322 e. The van der Waals surface area contributed by atoms with E-state index in [1.54, 1.807) is 0 Å². The van der Waals surface area contributed by atoms with E-state index in [0.717, 1.165) is 0 Å². The lowest BCUT2D eigenvalue weighted by molar-refractivity contribution is -0.311. The molecule has 0 bridgehead atoms. The lowest BCUT2D eigenvalue weighted by Gasteiger charge is -2.19. The van der Waals surface area contributed by atoms with Crippen molar-refractivity contribution in [2.24, 2.45) is 5.92 Å². The number of carbonyl (C=O) groups is 3. The monoisotopic (exact) mass is 197 g/mol. The van der Waals surface area contributed by atoms with E-state index in [4.69, 9.17) is 0 Å². The molecular formula is C8H9N2O4-. The molecule has 14 heavy (non-hydrogen) atoms. The number of carbonyl (C=O) groups excluding carboxylic acids is 3. The first-order chi connectivity index (χ1) is 6.53. The van der Waals surface area contributed by atoms with Crippen molar-refractivity contribution in [2.75, 3.05) is 0 Å². The fourth-order valence-corrected chi connectivity index (χ4v) is 2.09. The van der Waals surface area contributed by atoms with Crippen molar-refractivity contribution in [3.8, 4) is 0 Å². The Balaban J connectivity index is 2.17. The van der Waals surface area contributed by atoms with E-state index < -0.39 is 29.4 Å². The predicted molar refractivity (Wildman–Crippen MR) is 41.8 cm³/mol. The van der Waals surface area contributed by atoms with Gasteiger partial charge in [0.1, 0.15) is 5.54 Å². The summed E-state index contributed by atoms with van der Waals surface area (Å²) in [5, 5.41) is 15.2. The van der Waals surface area contributed by atoms with Gasteiger partial charge in [0.05, 0.1) is 0 Å². The Morgan fingerprint density at radius 1 is 1.50 bits per heavy atom. The highest BCUT2D eigenvalue weighted by atomic mass is 16.4. The molecular weight excluding hydrogens is 188 g/mol. The number of urea groups is 1. The molecule has 0 aromatic heterocycles. The van der Waals surface area contributed by atoms with Gasteiger partial charge >= 0.3 is 6.03 Å². The van der Waals surface area contributed by atoms with Gasteiger partial charge in [-0.2, -0.15) is 0 Å². The Morgan fingerprint density at radius 2 is 2.21 bits per heavy atom. The zero-order valence-electron chi connectivity index (χ0n) is 7.33. The van der Waals surface area contributed by atoms with Gasteiger partial charge in [0.15, 0.2) is 0 Å². The summed E-state index contributed by atoms with van der Waals surface area (Å²) >= 11 is 0. The van der Waals surface area contributed by atoms with E-state index >= 15 is 0 Å². The van der Waals surface area contributed by atoms with Crippen LogP contribution in [0.2, 0.25) is 0 Å². The summed E-state index contributed by atoms with van der Waals surface area (Å²) in [6, 6.07) is -0.547. The predicted octanol–water partition coefficient (Wildman–Crippen LogP) is -1.89. The molecule has 76 valence electrons. The van der Waals surface area contributed by atoms with Crippen LogP contribution < -0.4 is 15.7 Å². The summed E-state index contributed by atoms with van der Waals surface area (Å²) in [7, 11) is 0. The van der Waals surface area contributed by atoms with Crippen molar-refractivity contribution in [1.82, 2.24) is 10.6 Å². The Kier molecular flexibility index (Phi) is 1.73. The number of imide groups is 1. The number of hydrogen-bond donors (Lipinski definition) is 2. The Bertz CT molecular complexity index is 327. The fourth-order valence-electron chi connectivity index (χ4n) is 2.09. The first-order valence-electron chi connectivity index (χ1n) is 4.38. The summed E-state index contributed by atoms with van der Waals surface area (Å²) in [6.45, 7) is 0.